The van der Waals surface area contributed by atoms with Gasteiger partial charge in [0.15, 0.2) is 0 Å². The summed E-state index contributed by atoms with van der Waals surface area (Å²) < 4.78 is 0. The topological polar surface area (TPSA) is 52.6 Å². The quantitative estimate of drug-likeness (QED) is 0.810. The van der Waals surface area contributed by atoms with Crippen LogP contribution in [0.1, 0.15) is 58.8 Å². The SMILES string of the molecule is CC(C)(O)CN1CCC(NC(=O)CC2CCCC2)CC1. The van der Waals surface area contributed by atoms with Gasteiger partial charge in [-0.1, -0.05) is 12.8 Å². The number of amides is 1. The summed E-state index contributed by atoms with van der Waals surface area (Å²) in [5.74, 6) is 0.878. The number of carbonyl (C=O) groups is 1. The van der Waals surface area contributed by atoms with Crippen molar-refractivity contribution in [3.63, 3.8) is 0 Å². The van der Waals surface area contributed by atoms with Crippen molar-refractivity contribution in [2.45, 2.75) is 70.4 Å². The van der Waals surface area contributed by atoms with Crippen LogP contribution in [0.2, 0.25) is 0 Å². The van der Waals surface area contributed by atoms with Crippen LogP contribution in [0.3, 0.4) is 0 Å². The van der Waals surface area contributed by atoms with Crippen molar-refractivity contribution < 1.29 is 9.90 Å². The van der Waals surface area contributed by atoms with Gasteiger partial charge < -0.3 is 15.3 Å². The first-order valence-electron chi connectivity index (χ1n) is 8.16. The summed E-state index contributed by atoms with van der Waals surface area (Å²) >= 11 is 0. The second-order valence-electron chi connectivity index (χ2n) is 7.28. The molecule has 1 saturated heterocycles. The highest BCUT2D eigenvalue weighted by Gasteiger charge is 2.25. The minimum atomic E-state index is -0.626. The number of piperidine rings is 1. The zero-order valence-corrected chi connectivity index (χ0v) is 13.0. The van der Waals surface area contributed by atoms with Crippen LogP contribution < -0.4 is 5.32 Å². The fraction of sp³-hybridized carbons (Fsp3) is 0.938. The third kappa shape index (κ3) is 5.41. The highest BCUT2D eigenvalue weighted by Crippen LogP contribution is 2.27. The molecule has 1 aliphatic heterocycles. The molecular weight excluding hydrogens is 252 g/mol. The van der Waals surface area contributed by atoms with E-state index in [1.54, 1.807) is 0 Å². The van der Waals surface area contributed by atoms with Gasteiger partial charge in [0.05, 0.1) is 5.60 Å². The van der Waals surface area contributed by atoms with Crippen LogP contribution in [0.15, 0.2) is 0 Å². The lowest BCUT2D eigenvalue weighted by molar-refractivity contribution is -0.123. The second-order valence-corrected chi connectivity index (χ2v) is 7.28. The number of nitrogens with one attached hydrogen (secondary N) is 1. The summed E-state index contributed by atoms with van der Waals surface area (Å²) in [7, 11) is 0. The maximum Gasteiger partial charge on any atom is 0.220 e. The smallest absolute Gasteiger partial charge is 0.220 e. The maximum atomic E-state index is 12.0. The minimum Gasteiger partial charge on any atom is -0.389 e. The number of nitrogens with zero attached hydrogens (tertiary/aromatic N) is 1. The molecule has 4 heteroatoms. The Balaban J connectivity index is 1.64. The van der Waals surface area contributed by atoms with Crippen molar-refractivity contribution in [1.82, 2.24) is 10.2 Å². The van der Waals surface area contributed by atoms with Crippen LogP contribution in [0.4, 0.5) is 0 Å². The van der Waals surface area contributed by atoms with Crippen LogP contribution in [0.25, 0.3) is 0 Å². The standard InChI is InChI=1S/C16H30N2O2/c1-16(2,20)12-18-9-7-14(8-10-18)17-15(19)11-13-5-3-4-6-13/h13-14,20H,3-12H2,1-2H3,(H,17,19). The van der Waals surface area contributed by atoms with Crippen molar-refractivity contribution in [3.05, 3.63) is 0 Å². The Morgan fingerprint density at radius 3 is 2.35 bits per heavy atom. The third-order valence-corrected chi connectivity index (χ3v) is 4.51. The summed E-state index contributed by atoms with van der Waals surface area (Å²) in [6, 6.07) is 0.335. The average molecular weight is 282 g/mol. The van der Waals surface area contributed by atoms with Gasteiger partial charge in [0.1, 0.15) is 0 Å². The number of likely N-dealkylation sites (tertiary alicyclic amines) is 1. The molecule has 0 aromatic rings. The summed E-state index contributed by atoms with van der Waals surface area (Å²) in [6.07, 6.45) is 7.80. The number of carbonyl (C=O) groups excluding carboxylic acids is 1. The summed E-state index contributed by atoms with van der Waals surface area (Å²) in [4.78, 5) is 14.3. The molecule has 116 valence electrons. The molecule has 0 radical (unpaired) electrons. The monoisotopic (exact) mass is 282 g/mol. The molecule has 0 aromatic carbocycles. The Morgan fingerprint density at radius 2 is 1.80 bits per heavy atom. The highest BCUT2D eigenvalue weighted by atomic mass is 16.3. The first kappa shape index (κ1) is 15.8. The van der Waals surface area contributed by atoms with E-state index in [0.717, 1.165) is 38.9 Å². The molecule has 2 fully saturated rings. The molecule has 0 bridgehead atoms. The molecule has 4 nitrogen and oxygen atoms in total. The lowest BCUT2D eigenvalue weighted by atomic mass is 10.0. The summed E-state index contributed by atoms with van der Waals surface area (Å²) in [6.45, 7) is 6.36. The molecule has 0 unspecified atom stereocenters. The molecule has 2 aliphatic rings. The van der Waals surface area contributed by atoms with Crippen molar-refractivity contribution in [2.24, 2.45) is 5.92 Å². The van der Waals surface area contributed by atoms with Gasteiger partial charge >= 0.3 is 0 Å². The van der Waals surface area contributed by atoms with E-state index in [-0.39, 0.29) is 5.91 Å². The lowest BCUT2D eigenvalue weighted by Gasteiger charge is -2.35. The largest absolute Gasteiger partial charge is 0.389 e. The van der Waals surface area contributed by atoms with E-state index in [1.807, 2.05) is 13.8 Å². The molecule has 1 saturated carbocycles. The maximum absolute atomic E-state index is 12.0. The number of hydrogen-bond acceptors (Lipinski definition) is 3. The predicted octanol–water partition coefficient (Wildman–Crippen LogP) is 1.92. The first-order chi connectivity index (χ1) is 9.42. The van der Waals surface area contributed by atoms with E-state index in [9.17, 15) is 9.90 Å². The van der Waals surface area contributed by atoms with Crippen molar-refractivity contribution in [1.29, 1.82) is 0 Å². The fourth-order valence-corrected chi connectivity index (χ4v) is 3.55. The average Bonchev–Trinajstić information content (AvgIpc) is 2.82. The molecule has 2 N–H and O–H groups in total. The minimum absolute atomic E-state index is 0.248. The summed E-state index contributed by atoms with van der Waals surface area (Å²) in [5, 5.41) is 13.0. The van der Waals surface area contributed by atoms with Gasteiger partial charge in [-0.15, -0.1) is 0 Å². The second kappa shape index (κ2) is 6.90. The third-order valence-electron chi connectivity index (χ3n) is 4.51. The molecule has 0 aromatic heterocycles. The number of β-amino-alcohol motifs (C(OH)–C–C–N with tert-alkyl or cyclic N) is 1. The Morgan fingerprint density at radius 1 is 1.20 bits per heavy atom. The van der Waals surface area contributed by atoms with E-state index in [4.69, 9.17) is 0 Å². The van der Waals surface area contributed by atoms with E-state index in [0.29, 0.717) is 12.0 Å². The number of aliphatic hydroxyl groups is 1. The van der Waals surface area contributed by atoms with Crippen molar-refractivity contribution in [2.75, 3.05) is 19.6 Å². The first-order valence-corrected chi connectivity index (χ1v) is 8.16. The van der Waals surface area contributed by atoms with Gasteiger partial charge in [0.2, 0.25) is 5.91 Å². The zero-order valence-electron chi connectivity index (χ0n) is 13.0. The van der Waals surface area contributed by atoms with Gasteiger partial charge in [-0.2, -0.15) is 0 Å². The Hall–Kier alpha value is -0.610. The van der Waals surface area contributed by atoms with E-state index < -0.39 is 5.60 Å². The molecule has 20 heavy (non-hydrogen) atoms. The Labute approximate surface area is 122 Å². The molecule has 0 spiro atoms. The van der Waals surface area contributed by atoms with Gasteiger partial charge in [-0.3, -0.25) is 4.79 Å². The van der Waals surface area contributed by atoms with E-state index >= 15 is 0 Å². The molecule has 1 aliphatic carbocycles. The van der Waals surface area contributed by atoms with Gasteiger partial charge in [-0.25, -0.2) is 0 Å². The van der Waals surface area contributed by atoms with Crippen LogP contribution in [0, 0.1) is 5.92 Å². The van der Waals surface area contributed by atoms with Crippen LogP contribution >= 0.6 is 0 Å². The van der Waals surface area contributed by atoms with E-state index in [1.165, 1.54) is 25.7 Å². The van der Waals surface area contributed by atoms with Gasteiger partial charge in [-0.05, 0) is 45.4 Å². The normalized spacial score (nSPS) is 23.1. The molecule has 1 heterocycles. The number of hydrogen-bond donors (Lipinski definition) is 2. The van der Waals surface area contributed by atoms with Gasteiger partial charge in [0.25, 0.3) is 0 Å². The Bertz CT molecular complexity index is 311. The highest BCUT2D eigenvalue weighted by molar-refractivity contribution is 5.76. The molecule has 2 rings (SSSR count). The van der Waals surface area contributed by atoms with Crippen LogP contribution in [-0.2, 0) is 4.79 Å². The number of rotatable bonds is 5. The Kier molecular flexibility index (Phi) is 5.44. The zero-order chi connectivity index (χ0) is 14.6. The van der Waals surface area contributed by atoms with Crippen LogP contribution in [0.5, 0.6) is 0 Å². The van der Waals surface area contributed by atoms with Crippen molar-refractivity contribution >= 4 is 5.91 Å². The van der Waals surface area contributed by atoms with Crippen LogP contribution in [-0.4, -0.2) is 47.2 Å². The van der Waals surface area contributed by atoms with Gasteiger partial charge in [0, 0.05) is 32.1 Å². The summed E-state index contributed by atoms with van der Waals surface area (Å²) in [5.41, 5.74) is -0.626. The fourth-order valence-electron chi connectivity index (χ4n) is 3.55. The molecular formula is C16H30N2O2. The van der Waals surface area contributed by atoms with E-state index in [2.05, 4.69) is 10.2 Å². The lowest BCUT2D eigenvalue weighted by Crippen LogP contribution is -2.48. The molecule has 1 amide bonds. The molecule has 0 atom stereocenters. The predicted molar refractivity (Wildman–Crippen MR) is 80.5 cm³/mol. The van der Waals surface area contributed by atoms with Crippen molar-refractivity contribution in [3.8, 4) is 0 Å².